The number of nitrogens with zero attached hydrogens (tertiary/aromatic N) is 1. The summed E-state index contributed by atoms with van der Waals surface area (Å²) in [4.78, 5) is 0. The van der Waals surface area contributed by atoms with Crippen molar-refractivity contribution in [1.29, 1.82) is 5.26 Å². The van der Waals surface area contributed by atoms with Crippen LogP contribution in [0.3, 0.4) is 0 Å². The Balaban J connectivity index is 2.17. The van der Waals surface area contributed by atoms with Crippen LogP contribution in [0.1, 0.15) is 63.0 Å². The summed E-state index contributed by atoms with van der Waals surface area (Å²) >= 11 is 0. The largest absolute Gasteiger partial charge is 0.198 e. The third-order valence-electron chi connectivity index (χ3n) is 3.35. The highest BCUT2D eigenvalue weighted by Crippen LogP contribution is 2.11. The van der Waals surface area contributed by atoms with Gasteiger partial charge in [-0.25, -0.2) is 0 Å². The van der Waals surface area contributed by atoms with E-state index < -0.39 is 0 Å². The van der Waals surface area contributed by atoms with E-state index in [2.05, 4.69) is 37.3 Å². The van der Waals surface area contributed by atoms with E-state index in [1.54, 1.807) is 0 Å². The Labute approximate surface area is 112 Å². The van der Waals surface area contributed by atoms with Crippen molar-refractivity contribution >= 4 is 0 Å². The molecule has 0 N–H and O–H groups in total. The maximum atomic E-state index is 8.44. The minimum atomic E-state index is 0.714. The second-order valence-corrected chi connectivity index (χ2v) is 4.99. The van der Waals surface area contributed by atoms with E-state index in [0.717, 1.165) is 6.42 Å². The molecule has 0 aliphatic heterocycles. The van der Waals surface area contributed by atoms with Gasteiger partial charge >= 0.3 is 0 Å². The van der Waals surface area contributed by atoms with Gasteiger partial charge in [-0.2, -0.15) is 5.26 Å². The predicted molar refractivity (Wildman–Crippen MR) is 77.5 cm³/mol. The summed E-state index contributed by atoms with van der Waals surface area (Å²) in [7, 11) is 0. The van der Waals surface area contributed by atoms with Crippen molar-refractivity contribution in [2.75, 3.05) is 0 Å². The van der Waals surface area contributed by atoms with E-state index >= 15 is 0 Å². The number of aryl methyl sites for hydroxylation is 2. The molecule has 18 heavy (non-hydrogen) atoms. The molecule has 0 saturated carbocycles. The van der Waals surface area contributed by atoms with Gasteiger partial charge in [0.2, 0.25) is 0 Å². The van der Waals surface area contributed by atoms with Gasteiger partial charge in [0.15, 0.2) is 0 Å². The van der Waals surface area contributed by atoms with Crippen LogP contribution in [0.15, 0.2) is 24.3 Å². The zero-order valence-corrected chi connectivity index (χ0v) is 11.6. The summed E-state index contributed by atoms with van der Waals surface area (Å²) in [6, 6.07) is 11.3. The molecule has 0 aliphatic carbocycles. The van der Waals surface area contributed by atoms with E-state index in [0.29, 0.717) is 6.42 Å². The fourth-order valence-electron chi connectivity index (χ4n) is 2.14. The Morgan fingerprint density at radius 3 is 1.94 bits per heavy atom. The smallest absolute Gasteiger partial charge is 0.0621 e. The van der Waals surface area contributed by atoms with Gasteiger partial charge in [0.05, 0.1) is 6.07 Å². The highest BCUT2D eigenvalue weighted by Gasteiger charge is 1.96. The van der Waals surface area contributed by atoms with Crippen LogP contribution in [0.2, 0.25) is 0 Å². The third-order valence-corrected chi connectivity index (χ3v) is 3.35. The molecule has 0 aromatic heterocycles. The van der Waals surface area contributed by atoms with Crippen LogP contribution in [0, 0.1) is 11.3 Å². The van der Waals surface area contributed by atoms with Gasteiger partial charge < -0.3 is 0 Å². The molecule has 0 saturated heterocycles. The summed E-state index contributed by atoms with van der Waals surface area (Å²) in [6.07, 6.45) is 10.4. The van der Waals surface area contributed by atoms with Crippen molar-refractivity contribution in [3.63, 3.8) is 0 Å². The van der Waals surface area contributed by atoms with Crippen LogP contribution in [-0.2, 0) is 12.8 Å². The molecule has 0 bridgehead atoms. The highest BCUT2D eigenvalue weighted by atomic mass is 14.2. The van der Waals surface area contributed by atoms with Crippen LogP contribution in [-0.4, -0.2) is 0 Å². The average molecular weight is 243 g/mol. The van der Waals surface area contributed by atoms with E-state index in [4.69, 9.17) is 5.26 Å². The molecule has 0 unspecified atom stereocenters. The lowest BCUT2D eigenvalue weighted by Crippen LogP contribution is -1.89. The molecule has 0 fully saturated rings. The van der Waals surface area contributed by atoms with Crippen molar-refractivity contribution in [2.45, 2.75) is 64.7 Å². The van der Waals surface area contributed by atoms with Gasteiger partial charge in [-0.05, 0) is 43.2 Å². The normalized spacial score (nSPS) is 10.2. The molecule has 1 aromatic rings. The molecular weight excluding hydrogens is 218 g/mol. The molecule has 0 aliphatic rings. The Bertz CT molecular complexity index is 345. The van der Waals surface area contributed by atoms with Crippen molar-refractivity contribution in [3.05, 3.63) is 35.4 Å². The van der Waals surface area contributed by atoms with Gasteiger partial charge in [-0.3, -0.25) is 0 Å². The molecule has 1 heteroatoms. The van der Waals surface area contributed by atoms with Crippen LogP contribution in [0.4, 0.5) is 0 Å². The van der Waals surface area contributed by atoms with Crippen LogP contribution in [0.25, 0.3) is 0 Å². The van der Waals surface area contributed by atoms with E-state index in [9.17, 15) is 0 Å². The maximum Gasteiger partial charge on any atom is 0.0621 e. The third kappa shape index (κ3) is 6.45. The Morgan fingerprint density at radius 2 is 1.39 bits per heavy atom. The summed E-state index contributed by atoms with van der Waals surface area (Å²) in [5.74, 6) is 0. The Morgan fingerprint density at radius 1 is 0.833 bits per heavy atom. The zero-order chi connectivity index (χ0) is 13.1. The van der Waals surface area contributed by atoms with Crippen LogP contribution in [0.5, 0.6) is 0 Å². The summed E-state index contributed by atoms with van der Waals surface area (Å²) in [5.41, 5.74) is 2.92. The first-order valence-corrected chi connectivity index (χ1v) is 7.31. The molecule has 0 atom stereocenters. The quantitative estimate of drug-likeness (QED) is 0.557. The van der Waals surface area contributed by atoms with Gasteiger partial charge in [0.1, 0.15) is 0 Å². The van der Waals surface area contributed by atoms with Crippen molar-refractivity contribution in [1.82, 2.24) is 0 Å². The molecule has 0 amide bonds. The summed E-state index contributed by atoms with van der Waals surface area (Å²) in [6.45, 7) is 2.24. The average Bonchev–Trinajstić information content (AvgIpc) is 2.42. The molecular formula is C17H25N. The van der Waals surface area contributed by atoms with Gasteiger partial charge in [0, 0.05) is 6.42 Å². The maximum absolute atomic E-state index is 8.44. The fraction of sp³-hybridized carbons (Fsp3) is 0.588. The highest BCUT2D eigenvalue weighted by molar-refractivity contribution is 5.22. The first-order chi connectivity index (χ1) is 8.86. The monoisotopic (exact) mass is 243 g/mol. The number of hydrogen-bond donors (Lipinski definition) is 0. The number of unbranched alkanes of at least 4 members (excludes halogenated alkanes) is 5. The molecule has 0 heterocycles. The molecule has 1 rings (SSSR count). The molecule has 1 aromatic carbocycles. The topological polar surface area (TPSA) is 23.8 Å². The summed E-state index contributed by atoms with van der Waals surface area (Å²) < 4.78 is 0. The van der Waals surface area contributed by atoms with Crippen molar-refractivity contribution in [3.8, 4) is 6.07 Å². The second kappa shape index (κ2) is 9.71. The Hall–Kier alpha value is -1.29. The van der Waals surface area contributed by atoms with E-state index in [1.165, 1.54) is 56.1 Å². The second-order valence-electron chi connectivity index (χ2n) is 4.99. The Kier molecular flexibility index (Phi) is 7.97. The molecule has 98 valence electrons. The van der Waals surface area contributed by atoms with Crippen LogP contribution < -0.4 is 0 Å². The minimum Gasteiger partial charge on any atom is -0.198 e. The van der Waals surface area contributed by atoms with Crippen molar-refractivity contribution in [2.24, 2.45) is 0 Å². The standard InChI is InChI=1S/C17H25N/c1-2-3-9-16-11-13-17(14-12-16)10-7-5-4-6-8-15-18/h11-14H,2-10H2,1H3. The number of rotatable bonds is 9. The lowest BCUT2D eigenvalue weighted by Gasteiger charge is -2.04. The summed E-state index contributed by atoms with van der Waals surface area (Å²) in [5, 5.41) is 8.44. The van der Waals surface area contributed by atoms with Gasteiger partial charge in [0.25, 0.3) is 0 Å². The first kappa shape index (κ1) is 14.8. The van der Waals surface area contributed by atoms with Gasteiger partial charge in [-0.1, -0.05) is 50.5 Å². The van der Waals surface area contributed by atoms with Gasteiger partial charge in [-0.15, -0.1) is 0 Å². The first-order valence-electron chi connectivity index (χ1n) is 7.31. The number of hydrogen-bond acceptors (Lipinski definition) is 1. The fourth-order valence-corrected chi connectivity index (χ4v) is 2.14. The van der Waals surface area contributed by atoms with Crippen LogP contribution >= 0.6 is 0 Å². The molecule has 1 nitrogen and oxygen atoms in total. The van der Waals surface area contributed by atoms with Crippen molar-refractivity contribution < 1.29 is 0 Å². The SMILES string of the molecule is CCCCc1ccc(CCCCCCC#N)cc1. The number of benzene rings is 1. The lowest BCUT2D eigenvalue weighted by atomic mass is 10.0. The number of nitriles is 1. The van der Waals surface area contributed by atoms with E-state index in [1.807, 2.05) is 0 Å². The molecule has 0 spiro atoms. The zero-order valence-electron chi connectivity index (χ0n) is 11.6. The predicted octanol–water partition coefficient (Wildman–Crippen LogP) is 5.05. The minimum absolute atomic E-state index is 0.714. The van der Waals surface area contributed by atoms with E-state index in [-0.39, 0.29) is 0 Å². The molecule has 0 radical (unpaired) electrons. The lowest BCUT2D eigenvalue weighted by molar-refractivity contribution is 0.648.